The van der Waals surface area contributed by atoms with Gasteiger partial charge in [0.1, 0.15) is 13.7 Å². The Kier molecular flexibility index (Phi) is 7.73. The van der Waals surface area contributed by atoms with E-state index in [-0.39, 0.29) is 5.31 Å². The van der Waals surface area contributed by atoms with Crippen LogP contribution in [0.25, 0.3) is 17.1 Å². The third-order valence-electron chi connectivity index (χ3n) is 5.95. The van der Waals surface area contributed by atoms with E-state index >= 15 is 0 Å². The van der Waals surface area contributed by atoms with Gasteiger partial charge < -0.3 is 0 Å². The van der Waals surface area contributed by atoms with Crippen molar-refractivity contribution in [3.63, 3.8) is 0 Å². The maximum Gasteiger partial charge on any atom is 0.145 e. The molecule has 0 saturated carbocycles. The van der Waals surface area contributed by atoms with Crippen LogP contribution in [0.2, 0.25) is 5.31 Å². The summed E-state index contributed by atoms with van der Waals surface area (Å²) >= 11 is 0. The second kappa shape index (κ2) is 10.5. The fraction of sp³-hybridized carbons (Fsp3) is 0.370. The van der Waals surface area contributed by atoms with E-state index in [0.29, 0.717) is 0 Å². The first-order chi connectivity index (χ1) is 14.6. The summed E-state index contributed by atoms with van der Waals surface area (Å²) in [6.45, 7) is 10.2. The van der Waals surface area contributed by atoms with Gasteiger partial charge in [-0.2, -0.15) is 0 Å². The minimum absolute atomic E-state index is 0.255. The summed E-state index contributed by atoms with van der Waals surface area (Å²) in [4.78, 5) is 5.26. The molecule has 1 aromatic carbocycles. The van der Waals surface area contributed by atoms with Crippen molar-refractivity contribution in [3.05, 3.63) is 85.3 Å². The molecule has 0 fully saturated rings. The van der Waals surface area contributed by atoms with Crippen LogP contribution in [0.15, 0.2) is 73.9 Å². The molecule has 156 valence electrons. The lowest BCUT2D eigenvalue weighted by Gasteiger charge is -2.24. The molecule has 0 spiro atoms. The molecule has 0 aliphatic heterocycles. The van der Waals surface area contributed by atoms with E-state index in [4.69, 9.17) is 4.98 Å². The normalized spacial score (nSPS) is 21.0. The molecule has 2 nitrogen and oxygen atoms in total. The summed E-state index contributed by atoms with van der Waals surface area (Å²) < 4.78 is 2.36. The van der Waals surface area contributed by atoms with Crippen molar-refractivity contribution in [2.45, 2.75) is 63.6 Å². The lowest BCUT2D eigenvalue weighted by atomic mass is 9.64. The molecule has 0 N–H and O–H groups in total. The number of rotatable bonds is 5. The predicted molar refractivity (Wildman–Crippen MR) is 133 cm³/mol. The molecule has 1 aromatic heterocycles. The largest absolute Gasteiger partial charge is 0.296 e. The molecular formula is C27H35BN2. The van der Waals surface area contributed by atoms with E-state index in [1.807, 2.05) is 18.2 Å². The highest BCUT2D eigenvalue weighted by atomic mass is 15.1. The first kappa shape index (κ1) is 22.1. The Morgan fingerprint density at radius 2 is 1.80 bits per heavy atom. The van der Waals surface area contributed by atoms with E-state index < -0.39 is 0 Å². The van der Waals surface area contributed by atoms with Crippen molar-refractivity contribution < 1.29 is 0 Å². The van der Waals surface area contributed by atoms with Crippen LogP contribution in [0.5, 0.6) is 0 Å². The summed E-state index contributed by atoms with van der Waals surface area (Å²) in [6.07, 6.45) is 19.7. The number of benzene rings is 1. The third kappa shape index (κ3) is 5.53. The Morgan fingerprint density at radius 3 is 2.53 bits per heavy atom. The Balaban J connectivity index is 2.22. The second-order valence-corrected chi connectivity index (χ2v) is 9.06. The highest BCUT2D eigenvalue weighted by molar-refractivity contribution is 6.15. The Morgan fingerprint density at radius 1 is 1.07 bits per heavy atom. The predicted octanol–water partition coefficient (Wildman–Crippen LogP) is 6.57. The fourth-order valence-corrected chi connectivity index (χ4v) is 4.42. The fourth-order valence-electron chi connectivity index (χ4n) is 4.42. The molecule has 1 unspecified atom stereocenters. The minimum Gasteiger partial charge on any atom is -0.296 e. The molecule has 1 aliphatic rings. The standard InChI is InChI=1S/C27H35BN2/c1-4-6-18-23(15-5-2)30-25-19-13-8-7-9-14-20-27(3,28)21-24(25)29-26(30)22-16-11-10-12-17-22/h4-6,10-12,15-18H,1-2,7-9,13-14,19-21,28H2,3H3/b18-6-,23-15+. The zero-order valence-electron chi connectivity index (χ0n) is 18.7. The van der Waals surface area contributed by atoms with E-state index in [2.05, 4.69) is 75.0 Å². The van der Waals surface area contributed by atoms with Crippen molar-refractivity contribution in [3.8, 4) is 11.4 Å². The van der Waals surface area contributed by atoms with Crippen LogP contribution in [0.3, 0.4) is 0 Å². The SMILES string of the molecule is BC1(C)CCCCCCCc2c(nc(-c3ccccc3)n2C(/C=C\C=C)=C/C=C)C1. The Labute approximate surface area is 183 Å². The van der Waals surface area contributed by atoms with E-state index in [1.54, 1.807) is 0 Å². The van der Waals surface area contributed by atoms with Crippen LogP contribution in [-0.2, 0) is 12.8 Å². The second-order valence-electron chi connectivity index (χ2n) is 9.06. The maximum atomic E-state index is 5.26. The van der Waals surface area contributed by atoms with Crippen LogP contribution in [0.4, 0.5) is 0 Å². The van der Waals surface area contributed by atoms with Crippen molar-refractivity contribution in [1.82, 2.24) is 9.55 Å². The van der Waals surface area contributed by atoms with Gasteiger partial charge in [0.05, 0.1) is 5.69 Å². The first-order valence-electron chi connectivity index (χ1n) is 11.3. The molecule has 30 heavy (non-hydrogen) atoms. The summed E-state index contributed by atoms with van der Waals surface area (Å²) in [5, 5.41) is 0.255. The molecular weight excluding hydrogens is 363 g/mol. The Bertz CT molecular complexity index is 916. The van der Waals surface area contributed by atoms with Crippen LogP contribution >= 0.6 is 0 Å². The van der Waals surface area contributed by atoms with Gasteiger partial charge in [0, 0.05) is 17.0 Å². The van der Waals surface area contributed by atoms with Crippen molar-refractivity contribution in [1.29, 1.82) is 0 Å². The topological polar surface area (TPSA) is 17.8 Å². The molecule has 3 heteroatoms. The van der Waals surface area contributed by atoms with Crippen molar-refractivity contribution in [2.75, 3.05) is 0 Å². The summed E-state index contributed by atoms with van der Waals surface area (Å²) in [6, 6.07) is 10.6. The number of allylic oxidation sites excluding steroid dienone is 6. The average molecular weight is 398 g/mol. The van der Waals surface area contributed by atoms with E-state index in [9.17, 15) is 0 Å². The van der Waals surface area contributed by atoms with Crippen LogP contribution < -0.4 is 0 Å². The molecule has 1 atom stereocenters. The van der Waals surface area contributed by atoms with Crippen LogP contribution in [0.1, 0.15) is 56.8 Å². The maximum absolute atomic E-state index is 5.26. The summed E-state index contributed by atoms with van der Waals surface area (Å²) in [5.41, 5.74) is 4.84. The van der Waals surface area contributed by atoms with Gasteiger partial charge in [-0.05, 0) is 31.4 Å². The van der Waals surface area contributed by atoms with E-state index in [0.717, 1.165) is 29.9 Å². The minimum atomic E-state index is 0.255. The lowest BCUT2D eigenvalue weighted by molar-refractivity contribution is 0.503. The quantitative estimate of drug-likeness (QED) is 0.411. The van der Waals surface area contributed by atoms with Crippen LogP contribution in [-0.4, -0.2) is 17.4 Å². The average Bonchev–Trinajstić information content (AvgIpc) is 3.06. The van der Waals surface area contributed by atoms with Gasteiger partial charge in [-0.25, -0.2) is 4.98 Å². The number of nitrogens with zero attached hydrogens (tertiary/aromatic N) is 2. The number of imidazole rings is 1. The molecule has 0 saturated heterocycles. The third-order valence-corrected chi connectivity index (χ3v) is 5.95. The van der Waals surface area contributed by atoms with Gasteiger partial charge >= 0.3 is 0 Å². The first-order valence-corrected chi connectivity index (χ1v) is 11.3. The summed E-state index contributed by atoms with van der Waals surface area (Å²) in [7, 11) is 2.40. The molecule has 1 heterocycles. The van der Waals surface area contributed by atoms with Gasteiger partial charge in [-0.1, -0.05) is 106 Å². The zero-order valence-corrected chi connectivity index (χ0v) is 18.7. The van der Waals surface area contributed by atoms with Gasteiger partial charge in [-0.15, -0.1) is 0 Å². The van der Waals surface area contributed by atoms with Crippen molar-refractivity contribution >= 4 is 13.5 Å². The number of fused-ring (bicyclic) bond motifs is 1. The molecule has 1 aliphatic carbocycles. The van der Waals surface area contributed by atoms with E-state index in [1.165, 1.54) is 49.9 Å². The molecule has 0 bridgehead atoms. The lowest BCUT2D eigenvalue weighted by Crippen LogP contribution is -2.14. The number of aromatic nitrogens is 2. The molecule has 0 amide bonds. The molecule has 3 rings (SSSR count). The number of hydrogen-bond donors (Lipinski definition) is 0. The monoisotopic (exact) mass is 398 g/mol. The molecule has 0 radical (unpaired) electrons. The smallest absolute Gasteiger partial charge is 0.145 e. The van der Waals surface area contributed by atoms with Crippen molar-refractivity contribution in [2.24, 2.45) is 0 Å². The number of hydrogen-bond acceptors (Lipinski definition) is 1. The molecule has 2 aromatic rings. The summed E-state index contributed by atoms with van der Waals surface area (Å²) in [5.74, 6) is 1.02. The van der Waals surface area contributed by atoms with Gasteiger partial charge in [0.2, 0.25) is 0 Å². The Hall–Kier alpha value is -2.55. The highest BCUT2D eigenvalue weighted by Crippen LogP contribution is 2.37. The van der Waals surface area contributed by atoms with Crippen LogP contribution in [0, 0.1) is 0 Å². The van der Waals surface area contributed by atoms with Gasteiger partial charge in [-0.3, -0.25) is 4.57 Å². The zero-order chi connectivity index (χ0) is 21.4. The van der Waals surface area contributed by atoms with Gasteiger partial charge in [0.15, 0.2) is 0 Å². The highest BCUT2D eigenvalue weighted by Gasteiger charge is 2.26. The van der Waals surface area contributed by atoms with Gasteiger partial charge in [0.25, 0.3) is 0 Å².